The first-order valence-electron chi connectivity index (χ1n) is 7.14. The van der Waals surface area contributed by atoms with E-state index in [1.54, 1.807) is 17.7 Å². The van der Waals surface area contributed by atoms with E-state index in [1.807, 2.05) is 31.2 Å². The maximum absolute atomic E-state index is 12.4. The number of hydrogen-bond acceptors (Lipinski definition) is 5. The Hall–Kier alpha value is -3.00. The lowest BCUT2D eigenvalue weighted by Gasteiger charge is -2.10. The highest BCUT2D eigenvalue weighted by Gasteiger charge is 2.35. The summed E-state index contributed by atoms with van der Waals surface area (Å²) in [4.78, 5) is 41.0. The molecule has 0 aliphatic carbocycles. The predicted molar refractivity (Wildman–Crippen MR) is 90.1 cm³/mol. The van der Waals surface area contributed by atoms with Crippen LogP contribution in [0.3, 0.4) is 0 Å². The van der Waals surface area contributed by atoms with Crippen LogP contribution in [0.15, 0.2) is 41.5 Å². The van der Waals surface area contributed by atoms with Crippen molar-refractivity contribution in [2.24, 2.45) is 0 Å². The summed E-state index contributed by atoms with van der Waals surface area (Å²) in [5.74, 6) is -1.01. The second-order valence-electron chi connectivity index (χ2n) is 5.12. The van der Waals surface area contributed by atoms with E-state index in [9.17, 15) is 14.4 Å². The quantitative estimate of drug-likeness (QED) is 0.656. The highest BCUT2D eigenvalue weighted by Crippen LogP contribution is 2.17. The molecular formula is C16H14N4O3S. The number of carbonyl (C=O) groups is 3. The van der Waals surface area contributed by atoms with Crippen molar-refractivity contribution < 1.29 is 14.4 Å². The summed E-state index contributed by atoms with van der Waals surface area (Å²) in [5.41, 5.74) is 1.96. The summed E-state index contributed by atoms with van der Waals surface area (Å²) in [7, 11) is 0. The third-order valence-electron chi connectivity index (χ3n) is 3.43. The molecule has 1 aliphatic rings. The fraction of sp³-hybridized carbons (Fsp3) is 0.125. The lowest BCUT2D eigenvalue weighted by atomic mass is 10.1. The van der Waals surface area contributed by atoms with E-state index in [0.717, 1.165) is 16.0 Å². The Morgan fingerprint density at radius 3 is 2.88 bits per heavy atom. The van der Waals surface area contributed by atoms with Gasteiger partial charge in [0.15, 0.2) is 5.13 Å². The Kier molecular flexibility index (Phi) is 4.39. The number of nitrogens with one attached hydrogen (secondary N) is 2. The minimum atomic E-state index is -0.617. The first kappa shape index (κ1) is 15.9. The Morgan fingerprint density at radius 1 is 1.38 bits per heavy atom. The first-order valence-corrected chi connectivity index (χ1v) is 8.02. The van der Waals surface area contributed by atoms with Crippen molar-refractivity contribution in [3.05, 3.63) is 52.7 Å². The average Bonchev–Trinajstić information content (AvgIpc) is 3.14. The topological polar surface area (TPSA) is 91.4 Å². The molecule has 8 heteroatoms. The molecule has 24 heavy (non-hydrogen) atoms. The van der Waals surface area contributed by atoms with Crippen LogP contribution >= 0.6 is 11.3 Å². The van der Waals surface area contributed by atoms with Crippen LogP contribution in [0.2, 0.25) is 0 Å². The van der Waals surface area contributed by atoms with Gasteiger partial charge in [-0.2, -0.15) is 0 Å². The van der Waals surface area contributed by atoms with Crippen LogP contribution in [0, 0.1) is 6.92 Å². The minimum Gasteiger partial charge on any atom is -0.303 e. The number of urea groups is 1. The number of amides is 4. The van der Waals surface area contributed by atoms with E-state index in [0.29, 0.717) is 5.13 Å². The zero-order valence-corrected chi connectivity index (χ0v) is 13.6. The van der Waals surface area contributed by atoms with E-state index in [-0.39, 0.29) is 12.2 Å². The molecule has 2 heterocycles. The fourth-order valence-corrected chi connectivity index (χ4v) is 2.75. The van der Waals surface area contributed by atoms with E-state index < -0.39 is 17.8 Å². The Bertz CT molecular complexity index is 830. The summed E-state index contributed by atoms with van der Waals surface area (Å²) < 4.78 is 0. The maximum Gasteiger partial charge on any atom is 0.329 e. The molecule has 0 radical (unpaired) electrons. The summed E-state index contributed by atoms with van der Waals surface area (Å²) >= 11 is 1.26. The molecule has 4 amide bonds. The SMILES string of the molecule is Cc1ccccc1/C=C1\NC(=O)N(CC(=O)Nc2nccs2)C1=O. The van der Waals surface area contributed by atoms with E-state index in [2.05, 4.69) is 15.6 Å². The van der Waals surface area contributed by atoms with Crippen molar-refractivity contribution in [3.8, 4) is 0 Å². The van der Waals surface area contributed by atoms with Gasteiger partial charge in [0.1, 0.15) is 12.2 Å². The monoisotopic (exact) mass is 342 g/mol. The van der Waals surface area contributed by atoms with E-state index in [4.69, 9.17) is 0 Å². The predicted octanol–water partition coefficient (Wildman–Crippen LogP) is 1.98. The van der Waals surface area contributed by atoms with Crippen molar-refractivity contribution in [3.63, 3.8) is 0 Å². The van der Waals surface area contributed by atoms with Gasteiger partial charge in [-0.15, -0.1) is 11.3 Å². The summed E-state index contributed by atoms with van der Waals surface area (Å²) in [6.45, 7) is 1.54. The molecule has 0 bridgehead atoms. The molecule has 2 N–H and O–H groups in total. The highest BCUT2D eigenvalue weighted by atomic mass is 32.1. The molecule has 122 valence electrons. The number of rotatable bonds is 4. The zero-order valence-electron chi connectivity index (χ0n) is 12.8. The average molecular weight is 342 g/mol. The summed E-state index contributed by atoms with van der Waals surface area (Å²) in [6.07, 6.45) is 3.16. The van der Waals surface area contributed by atoms with Gasteiger partial charge in [0.2, 0.25) is 5.91 Å². The van der Waals surface area contributed by atoms with Gasteiger partial charge in [-0.05, 0) is 24.1 Å². The lowest BCUT2D eigenvalue weighted by molar-refractivity contribution is -0.127. The van der Waals surface area contributed by atoms with Crippen LogP contribution in [0.25, 0.3) is 6.08 Å². The van der Waals surface area contributed by atoms with E-state index >= 15 is 0 Å². The highest BCUT2D eigenvalue weighted by molar-refractivity contribution is 7.13. The third kappa shape index (κ3) is 3.33. The van der Waals surface area contributed by atoms with Crippen molar-refractivity contribution in [1.29, 1.82) is 0 Å². The number of nitrogens with zero attached hydrogens (tertiary/aromatic N) is 2. The summed E-state index contributed by atoms with van der Waals surface area (Å²) in [6, 6.07) is 6.88. The van der Waals surface area contributed by atoms with Gasteiger partial charge in [-0.1, -0.05) is 24.3 Å². The van der Waals surface area contributed by atoms with Crippen LogP contribution in [0.4, 0.5) is 9.93 Å². The molecule has 1 saturated heterocycles. The minimum absolute atomic E-state index is 0.149. The van der Waals surface area contributed by atoms with Gasteiger partial charge in [0.05, 0.1) is 0 Å². The number of thiazole rings is 1. The second-order valence-corrected chi connectivity index (χ2v) is 6.02. The van der Waals surface area contributed by atoms with Crippen molar-refractivity contribution >= 4 is 40.4 Å². The second kappa shape index (κ2) is 6.63. The fourth-order valence-electron chi connectivity index (χ4n) is 2.21. The molecule has 0 unspecified atom stereocenters. The normalized spacial score (nSPS) is 15.7. The van der Waals surface area contributed by atoms with Gasteiger partial charge < -0.3 is 10.6 Å². The number of imide groups is 1. The third-order valence-corrected chi connectivity index (χ3v) is 4.12. The van der Waals surface area contributed by atoms with Gasteiger partial charge in [-0.25, -0.2) is 14.7 Å². The Morgan fingerprint density at radius 2 is 2.17 bits per heavy atom. The number of benzene rings is 1. The van der Waals surface area contributed by atoms with Crippen molar-refractivity contribution in [1.82, 2.24) is 15.2 Å². The van der Waals surface area contributed by atoms with Crippen molar-refractivity contribution in [2.45, 2.75) is 6.92 Å². The number of aryl methyl sites for hydroxylation is 1. The molecule has 1 aromatic heterocycles. The molecule has 2 aromatic rings. The molecule has 0 saturated carbocycles. The molecule has 1 aliphatic heterocycles. The molecule has 3 rings (SSSR count). The number of anilines is 1. The van der Waals surface area contributed by atoms with Gasteiger partial charge in [-0.3, -0.25) is 9.59 Å². The molecule has 0 atom stereocenters. The molecule has 1 aromatic carbocycles. The molecule has 1 fully saturated rings. The van der Waals surface area contributed by atoms with Crippen molar-refractivity contribution in [2.75, 3.05) is 11.9 Å². The Labute approximate surface area is 142 Å². The Balaban J connectivity index is 1.72. The molecule has 7 nitrogen and oxygen atoms in total. The zero-order chi connectivity index (χ0) is 17.1. The van der Waals surface area contributed by atoms with Gasteiger partial charge in [0, 0.05) is 11.6 Å². The molecule has 0 spiro atoms. The molecular weight excluding hydrogens is 328 g/mol. The van der Waals surface area contributed by atoms with Gasteiger partial charge >= 0.3 is 6.03 Å². The van der Waals surface area contributed by atoms with Crippen LogP contribution in [0.1, 0.15) is 11.1 Å². The standard InChI is InChI=1S/C16H14N4O3S/c1-10-4-2-3-5-11(10)8-12-14(22)20(16(23)18-12)9-13(21)19-15-17-6-7-24-15/h2-8H,9H2,1H3,(H,18,23)(H,17,19,21)/b12-8-. The van der Waals surface area contributed by atoms with Crippen LogP contribution < -0.4 is 10.6 Å². The van der Waals surface area contributed by atoms with Crippen LogP contribution in [-0.2, 0) is 9.59 Å². The van der Waals surface area contributed by atoms with Gasteiger partial charge in [0.25, 0.3) is 5.91 Å². The van der Waals surface area contributed by atoms with E-state index in [1.165, 1.54) is 11.3 Å². The number of hydrogen-bond donors (Lipinski definition) is 2. The smallest absolute Gasteiger partial charge is 0.303 e. The van der Waals surface area contributed by atoms with Crippen LogP contribution in [-0.4, -0.2) is 34.3 Å². The van der Waals surface area contributed by atoms with Crippen LogP contribution in [0.5, 0.6) is 0 Å². The maximum atomic E-state index is 12.4. The lowest BCUT2D eigenvalue weighted by Crippen LogP contribution is -2.38. The summed E-state index contributed by atoms with van der Waals surface area (Å²) in [5, 5.41) is 7.17. The number of carbonyl (C=O) groups excluding carboxylic acids is 3. The largest absolute Gasteiger partial charge is 0.329 e. The first-order chi connectivity index (χ1) is 11.5. The number of aromatic nitrogens is 1.